The third-order valence-corrected chi connectivity index (χ3v) is 6.88. The second-order valence-electron chi connectivity index (χ2n) is 11.5. The van der Waals surface area contributed by atoms with Crippen LogP contribution < -0.4 is 113 Å². The van der Waals surface area contributed by atoms with E-state index in [4.69, 9.17) is 14.8 Å². The largest absolute Gasteiger partial charge is 1.00 e. The predicted molar refractivity (Wildman–Crippen MR) is 182 cm³/mol. The van der Waals surface area contributed by atoms with Gasteiger partial charge < -0.3 is 21.4 Å². The fourth-order valence-corrected chi connectivity index (χ4v) is 4.44. The molecular weight excluding hydrogens is 825 g/mol. The quantitative estimate of drug-likeness (QED) is 0.104. The van der Waals surface area contributed by atoms with Crippen LogP contribution in [-0.4, -0.2) is 21.4 Å². The number of nitrogens with zero attached hydrogens (tertiary/aromatic N) is 2. The van der Waals surface area contributed by atoms with Crippen LogP contribution in [0.15, 0.2) is 93.9 Å². The first-order chi connectivity index (χ1) is 21.8. The van der Waals surface area contributed by atoms with Crippen LogP contribution in [-0.2, 0) is 20.5 Å². The van der Waals surface area contributed by atoms with E-state index in [0.29, 0.717) is 20.4 Å². The zero-order chi connectivity index (χ0) is 35.9. The number of nitro groups is 2. The third-order valence-electron chi connectivity index (χ3n) is 5.89. The van der Waals surface area contributed by atoms with E-state index in [-0.39, 0.29) is 133 Å². The molecule has 4 aromatic carbocycles. The van der Waals surface area contributed by atoms with Crippen molar-refractivity contribution < 1.29 is 143 Å². The molecule has 11 nitrogen and oxygen atoms in total. The number of carbonyl (C=O) groups is 1. The number of hydrogen-bond acceptors (Lipinski definition) is 9. The van der Waals surface area contributed by atoms with E-state index >= 15 is 0 Å². The molecule has 0 saturated carbocycles. The number of carbonyl (C=O) groups excluding carboxylic acids is 1. The summed E-state index contributed by atoms with van der Waals surface area (Å²) >= 11 is 6.23. The summed E-state index contributed by atoms with van der Waals surface area (Å²) < 4.78 is 19.5. The second-order valence-corrected chi connectivity index (χ2v) is 13.4. The molecule has 16 heteroatoms. The van der Waals surface area contributed by atoms with E-state index in [9.17, 15) is 29.7 Å². The van der Waals surface area contributed by atoms with E-state index in [1.54, 1.807) is 18.2 Å². The van der Waals surface area contributed by atoms with Gasteiger partial charge in [-0.3, -0.25) is 25.0 Å². The minimum atomic E-state index is -0.821. The van der Waals surface area contributed by atoms with E-state index in [1.807, 2.05) is 42.5 Å². The Morgan fingerprint density at radius 1 is 0.735 bits per heavy atom. The summed E-state index contributed by atoms with van der Waals surface area (Å²) in [5.41, 5.74) is 1.35. The van der Waals surface area contributed by atoms with Crippen molar-refractivity contribution in [2.75, 3.05) is 0 Å². The summed E-state index contributed by atoms with van der Waals surface area (Å²) in [6.45, 7) is 12.3. The summed E-state index contributed by atoms with van der Waals surface area (Å²) in [4.78, 5) is 31.3. The minimum absolute atomic E-state index is 0. The number of aromatic hydroxyl groups is 1. The van der Waals surface area contributed by atoms with Crippen molar-refractivity contribution in [3.63, 3.8) is 0 Å². The van der Waals surface area contributed by atoms with Gasteiger partial charge in [-0.1, -0.05) is 110 Å². The Bertz CT molecular complexity index is 1680. The van der Waals surface area contributed by atoms with Gasteiger partial charge in [0, 0.05) is 26.6 Å². The SMILES string of the molecule is CC(C)(C)c1ccccc1O.CC(C)(C)c1ccccc1Oc1ccc(Br)cc1[N+](=O)[O-].O=CO[O-].O=[N+]([O-])c1cc(Br)ccc1F.[H-].[K+].[K+]. The maximum absolute atomic E-state index is 12.6. The van der Waals surface area contributed by atoms with Gasteiger partial charge in [-0.15, -0.1) is 0 Å². The van der Waals surface area contributed by atoms with Crippen molar-refractivity contribution in [2.24, 2.45) is 0 Å². The molecule has 0 heterocycles. The number of ether oxygens (including phenoxy) is 1. The Balaban J connectivity index is -0.000000652. The molecule has 0 radical (unpaired) electrons. The third kappa shape index (κ3) is 18.3. The fourth-order valence-electron chi connectivity index (χ4n) is 3.75. The Kier molecular flexibility index (Phi) is 24.7. The van der Waals surface area contributed by atoms with Crippen molar-refractivity contribution in [3.05, 3.63) is 131 Å². The molecule has 1 N–H and O–H groups in total. The maximum Gasteiger partial charge on any atom is 1.00 e. The first-order valence-electron chi connectivity index (χ1n) is 13.6. The summed E-state index contributed by atoms with van der Waals surface area (Å²) in [7, 11) is 0. The topological polar surface area (TPSA) is 165 Å². The van der Waals surface area contributed by atoms with E-state index in [0.717, 1.165) is 23.3 Å². The Hall–Kier alpha value is -1.13. The molecule has 0 aromatic heterocycles. The molecule has 0 aliphatic heterocycles. The van der Waals surface area contributed by atoms with E-state index in [2.05, 4.69) is 78.3 Å². The molecule has 4 rings (SSSR count). The van der Waals surface area contributed by atoms with Gasteiger partial charge in [-0.25, -0.2) is 0 Å². The molecule has 0 fully saturated rings. The van der Waals surface area contributed by atoms with Crippen molar-refractivity contribution in [3.8, 4) is 17.2 Å². The van der Waals surface area contributed by atoms with Gasteiger partial charge >= 0.3 is 114 Å². The number of phenols is 1. The average molecular weight is 861 g/mol. The summed E-state index contributed by atoms with van der Waals surface area (Å²) in [6, 6.07) is 23.4. The zero-order valence-electron chi connectivity index (χ0n) is 29.4. The Labute approximate surface area is 387 Å². The minimum Gasteiger partial charge on any atom is -1.00 e. The van der Waals surface area contributed by atoms with Gasteiger partial charge in [-0.2, -0.15) is 4.39 Å². The van der Waals surface area contributed by atoms with Crippen LogP contribution in [0.2, 0.25) is 0 Å². The number of benzene rings is 4. The standard InChI is InChI=1S/C16H16BrNO3.C10H14O.C6H3BrFNO2.CH2O3.2K.H/c1-16(2,3)12-6-4-5-7-14(12)21-15-9-8-11(17)10-13(15)18(19)20;1-10(2,3)8-6-4-5-7-9(8)11;7-4-1-2-5(8)6(3-4)9(10)11;2-1-4-3;;;/h4-10H,1-3H3;4-7,11H,1-3H3;1-3H;1,3H;;;/q;;;;2*+1;-1/p-1. The molecule has 0 atom stereocenters. The molecule has 0 unspecified atom stereocenters. The van der Waals surface area contributed by atoms with E-state index in [1.165, 1.54) is 12.1 Å². The molecular formula is C33H35Br2FK2N2O9. The molecule has 254 valence electrons. The normalized spacial score (nSPS) is 10.0. The maximum atomic E-state index is 12.6. The smallest absolute Gasteiger partial charge is 1.00 e. The molecule has 49 heavy (non-hydrogen) atoms. The van der Waals surface area contributed by atoms with Gasteiger partial charge in [0.05, 0.1) is 9.85 Å². The van der Waals surface area contributed by atoms with Crippen LogP contribution in [0, 0.1) is 26.0 Å². The van der Waals surface area contributed by atoms with Gasteiger partial charge in [0.25, 0.3) is 6.47 Å². The van der Waals surface area contributed by atoms with Gasteiger partial charge in [-0.05, 0) is 52.8 Å². The van der Waals surface area contributed by atoms with E-state index < -0.39 is 21.4 Å². The fraction of sp³-hybridized carbons (Fsp3) is 0.242. The van der Waals surface area contributed by atoms with Crippen molar-refractivity contribution in [1.29, 1.82) is 0 Å². The van der Waals surface area contributed by atoms with Crippen molar-refractivity contribution >= 4 is 49.7 Å². The number of nitro benzene ring substituents is 2. The van der Waals surface area contributed by atoms with Crippen LogP contribution >= 0.6 is 31.9 Å². The van der Waals surface area contributed by atoms with Crippen LogP contribution in [0.1, 0.15) is 54.1 Å². The number of halogens is 3. The first kappa shape index (κ1) is 50.0. The Morgan fingerprint density at radius 3 is 1.57 bits per heavy atom. The number of para-hydroxylation sites is 2. The number of hydrogen-bond donors (Lipinski definition) is 1. The summed E-state index contributed by atoms with van der Waals surface area (Å²) in [6.07, 6.45) is 0. The van der Waals surface area contributed by atoms with Crippen LogP contribution in [0.4, 0.5) is 15.8 Å². The first-order valence-corrected chi connectivity index (χ1v) is 15.2. The molecule has 0 spiro atoms. The molecule has 0 aliphatic carbocycles. The monoisotopic (exact) mass is 858 g/mol. The van der Waals surface area contributed by atoms with Crippen molar-refractivity contribution in [1.82, 2.24) is 0 Å². The average Bonchev–Trinajstić information content (AvgIpc) is 2.99. The van der Waals surface area contributed by atoms with Crippen LogP contribution in [0.25, 0.3) is 0 Å². The molecule has 0 bridgehead atoms. The molecule has 0 aliphatic rings. The zero-order valence-corrected chi connectivity index (χ0v) is 37.8. The Morgan fingerprint density at radius 2 is 1.16 bits per heavy atom. The summed E-state index contributed by atoms with van der Waals surface area (Å²) in [5, 5.41) is 39.1. The molecule has 0 amide bonds. The van der Waals surface area contributed by atoms with Gasteiger partial charge in [0.2, 0.25) is 11.6 Å². The predicted octanol–water partition coefficient (Wildman–Crippen LogP) is 3.19. The van der Waals surface area contributed by atoms with Crippen molar-refractivity contribution in [2.45, 2.75) is 52.4 Å². The summed E-state index contributed by atoms with van der Waals surface area (Å²) in [5.74, 6) is 0.438. The molecule has 0 saturated heterocycles. The molecule has 4 aromatic rings. The number of rotatable bonds is 5. The van der Waals surface area contributed by atoms with Gasteiger partial charge in [0.1, 0.15) is 11.5 Å². The van der Waals surface area contributed by atoms with Crippen LogP contribution in [0.5, 0.6) is 17.2 Å². The second kappa shape index (κ2) is 24.2. The number of phenolic OH excluding ortho intramolecular Hbond substituents is 1. The van der Waals surface area contributed by atoms with Gasteiger partial charge in [0.15, 0.2) is 0 Å². The van der Waals surface area contributed by atoms with Crippen LogP contribution in [0.3, 0.4) is 0 Å².